The van der Waals surface area contributed by atoms with Crippen molar-refractivity contribution in [2.75, 3.05) is 7.11 Å². The van der Waals surface area contributed by atoms with Gasteiger partial charge >= 0.3 is 0 Å². The quantitative estimate of drug-likeness (QED) is 0.851. The molecular formula is C13H14N2O. The highest BCUT2D eigenvalue weighted by Crippen LogP contribution is 2.26. The molecular weight excluding hydrogens is 200 g/mol. The van der Waals surface area contributed by atoms with Crippen LogP contribution in [-0.2, 0) is 0 Å². The van der Waals surface area contributed by atoms with Gasteiger partial charge in [0.25, 0.3) is 0 Å². The van der Waals surface area contributed by atoms with Crippen molar-refractivity contribution in [3.63, 3.8) is 0 Å². The minimum atomic E-state index is -0.252. The van der Waals surface area contributed by atoms with Gasteiger partial charge in [-0.25, -0.2) is 0 Å². The molecule has 3 heteroatoms. The number of pyridine rings is 1. The first-order chi connectivity index (χ1) is 7.83. The number of hydrogen-bond donors (Lipinski definition) is 1. The van der Waals surface area contributed by atoms with E-state index >= 15 is 0 Å². The van der Waals surface area contributed by atoms with Crippen molar-refractivity contribution in [1.29, 1.82) is 0 Å². The van der Waals surface area contributed by atoms with Crippen molar-refractivity contribution in [3.8, 4) is 5.75 Å². The zero-order valence-corrected chi connectivity index (χ0v) is 9.13. The molecule has 1 aromatic heterocycles. The maximum absolute atomic E-state index is 6.15. The van der Waals surface area contributed by atoms with Gasteiger partial charge in [0, 0.05) is 11.8 Å². The van der Waals surface area contributed by atoms with E-state index in [0.717, 1.165) is 17.0 Å². The van der Waals surface area contributed by atoms with Crippen molar-refractivity contribution >= 4 is 0 Å². The molecule has 1 atom stereocenters. The predicted octanol–water partition coefficient (Wildman–Crippen LogP) is 2.14. The number of benzene rings is 1. The van der Waals surface area contributed by atoms with Crippen molar-refractivity contribution in [2.24, 2.45) is 5.73 Å². The lowest BCUT2D eigenvalue weighted by Crippen LogP contribution is -2.14. The normalized spacial score (nSPS) is 12.1. The van der Waals surface area contributed by atoms with Crippen LogP contribution in [0.3, 0.4) is 0 Å². The van der Waals surface area contributed by atoms with Crippen molar-refractivity contribution in [1.82, 2.24) is 4.98 Å². The first-order valence-electron chi connectivity index (χ1n) is 5.12. The van der Waals surface area contributed by atoms with Crippen LogP contribution in [0.5, 0.6) is 5.75 Å². The Morgan fingerprint density at radius 1 is 1.12 bits per heavy atom. The third-order valence-electron chi connectivity index (χ3n) is 2.48. The van der Waals surface area contributed by atoms with Crippen LogP contribution >= 0.6 is 0 Å². The minimum absolute atomic E-state index is 0.252. The standard InChI is InChI=1S/C13H14N2O/c1-16-12-8-3-2-6-10(12)13(14)11-7-4-5-9-15-11/h2-9,13H,14H2,1H3/t13-/m1/s1. The van der Waals surface area contributed by atoms with Gasteiger partial charge in [-0.2, -0.15) is 0 Å². The number of methoxy groups -OCH3 is 1. The average Bonchev–Trinajstić information content (AvgIpc) is 2.39. The molecule has 3 nitrogen and oxygen atoms in total. The zero-order chi connectivity index (χ0) is 11.4. The van der Waals surface area contributed by atoms with Crippen LogP contribution in [0.1, 0.15) is 17.3 Å². The number of nitrogens with two attached hydrogens (primary N) is 1. The molecule has 0 unspecified atom stereocenters. The zero-order valence-electron chi connectivity index (χ0n) is 9.13. The molecule has 82 valence electrons. The summed E-state index contributed by atoms with van der Waals surface area (Å²) in [6, 6.07) is 13.2. The maximum Gasteiger partial charge on any atom is 0.124 e. The van der Waals surface area contributed by atoms with Crippen molar-refractivity contribution in [3.05, 3.63) is 59.9 Å². The SMILES string of the molecule is COc1ccccc1[C@@H](N)c1ccccn1. The number of hydrogen-bond acceptors (Lipinski definition) is 3. The summed E-state index contributed by atoms with van der Waals surface area (Å²) in [5.41, 5.74) is 7.94. The van der Waals surface area contributed by atoms with Gasteiger partial charge < -0.3 is 10.5 Å². The topological polar surface area (TPSA) is 48.1 Å². The summed E-state index contributed by atoms with van der Waals surface area (Å²) in [7, 11) is 1.64. The van der Waals surface area contributed by atoms with E-state index in [1.807, 2.05) is 42.5 Å². The molecule has 0 saturated carbocycles. The fourth-order valence-corrected chi connectivity index (χ4v) is 1.64. The van der Waals surface area contributed by atoms with Gasteiger partial charge in [0.1, 0.15) is 5.75 Å². The second-order valence-corrected chi connectivity index (χ2v) is 3.47. The van der Waals surface area contributed by atoms with Crippen LogP contribution in [0.25, 0.3) is 0 Å². The molecule has 1 aromatic carbocycles. The van der Waals surface area contributed by atoms with Crippen LogP contribution in [-0.4, -0.2) is 12.1 Å². The van der Waals surface area contributed by atoms with E-state index in [-0.39, 0.29) is 6.04 Å². The Bertz CT molecular complexity index is 456. The third-order valence-corrected chi connectivity index (χ3v) is 2.48. The number of nitrogens with zero attached hydrogens (tertiary/aromatic N) is 1. The van der Waals surface area contributed by atoms with Crippen LogP contribution in [0, 0.1) is 0 Å². The first-order valence-corrected chi connectivity index (χ1v) is 5.12. The molecule has 2 N–H and O–H groups in total. The summed E-state index contributed by atoms with van der Waals surface area (Å²) in [6.07, 6.45) is 1.74. The third kappa shape index (κ3) is 2.04. The Kier molecular flexibility index (Phi) is 3.17. The molecule has 0 fully saturated rings. The predicted molar refractivity (Wildman–Crippen MR) is 63.3 cm³/mol. The fourth-order valence-electron chi connectivity index (χ4n) is 1.64. The van der Waals surface area contributed by atoms with E-state index in [9.17, 15) is 0 Å². The van der Waals surface area contributed by atoms with Gasteiger partial charge in [0.15, 0.2) is 0 Å². The van der Waals surface area contributed by atoms with Crippen LogP contribution in [0.4, 0.5) is 0 Å². The molecule has 0 amide bonds. The van der Waals surface area contributed by atoms with Gasteiger partial charge in [0.05, 0.1) is 18.8 Å². The Balaban J connectivity index is 2.37. The highest BCUT2D eigenvalue weighted by Gasteiger charge is 2.13. The van der Waals surface area contributed by atoms with Crippen LogP contribution in [0.15, 0.2) is 48.7 Å². The molecule has 1 heterocycles. The minimum Gasteiger partial charge on any atom is -0.496 e. The molecule has 0 saturated heterocycles. The number of aromatic nitrogens is 1. The molecule has 2 aromatic rings. The molecule has 0 spiro atoms. The average molecular weight is 214 g/mol. The highest BCUT2D eigenvalue weighted by molar-refractivity contribution is 5.39. The first kappa shape index (κ1) is 10.6. The monoisotopic (exact) mass is 214 g/mol. The Labute approximate surface area is 94.9 Å². The molecule has 0 bridgehead atoms. The van der Waals surface area contributed by atoms with Crippen LogP contribution in [0.2, 0.25) is 0 Å². The van der Waals surface area contributed by atoms with E-state index in [1.54, 1.807) is 13.3 Å². The van der Waals surface area contributed by atoms with E-state index in [2.05, 4.69) is 4.98 Å². The largest absolute Gasteiger partial charge is 0.496 e. The van der Waals surface area contributed by atoms with E-state index in [0.29, 0.717) is 0 Å². The molecule has 2 rings (SSSR count). The van der Waals surface area contributed by atoms with Crippen molar-refractivity contribution in [2.45, 2.75) is 6.04 Å². The Morgan fingerprint density at radius 2 is 1.88 bits per heavy atom. The van der Waals surface area contributed by atoms with Crippen LogP contribution < -0.4 is 10.5 Å². The lowest BCUT2D eigenvalue weighted by molar-refractivity contribution is 0.407. The summed E-state index contributed by atoms with van der Waals surface area (Å²) >= 11 is 0. The Morgan fingerprint density at radius 3 is 2.56 bits per heavy atom. The van der Waals surface area contributed by atoms with E-state index < -0.39 is 0 Å². The number of rotatable bonds is 3. The summed E-state index contributed by atoms with van der Waals surface area (Å²) in [5.74, 6) is 0.792. The van der Waals surface area contributed by atoms with Crippen molar-refractivity contribution < 1.29 is 4.74 Å². The van der Waals surface area contributed by atoms with Gasteiger partial charge in [0.2, 0.25) is 0 Å². The molecule has 0 radical (unpaired) electrons. The van der Waals surface area contributed by atoms with Gasteiger partial charge in [-0.15, -0.1) is 0 Å². The second kappa shape index (κ2) is 4.77. The molecule has 16 heavy (non-hydrogen) atoms. The lowest BCUT2D eigenvalue weighted by atomic mass is 10.0. The summed E-state index contributed by atoms with van der Waals surface area (Å²) < 4.78 is 5.28. The number of para-hydroxylation sites is 1. The fraction of sp³-hybridized carbons (Fsp3) is 0.154. The molecule has 0 aliphatic rings. The van der Waals surface area contributed by atoms with Gasteiger partial charge in [-0.05, 0) is 18.2 Å². The molecule has 0 aliphatic carbocycles. The molecule has 0 aliphatic heterocycles. The summed E-state index contributed by atoms with van der Waals surface area (Å²) in [5, 5.41) is 0. The van der Waals surface area contributed by atoms with Gasteiger partial charge in [-0.3, -0.25) is 4.98 Å². The summed E-state index contributed by atoms with van der Waals surface area (Å²) in [4.78, 5) is 4.25. The smallest absolute Gasteiger partial charge is 0.124 e. The lowest BCUT2D eigenvalue weighted by Gasteiger charge is -2.14. The summed E-state index contributed by atoms with van der Waals surface area (Å²) in [6.45, 7) is 0. The number of ether oxygens (including phenoxy) is 1. The second-order valence-electron chi connectivity index (χ2n) is 3.47. The van der Waals surface area contributed by atoms with E-state index in [4.69, 9.17) is 10.5 Å². The van der Waals surface area contributed by atoms with E-state index in [1.165, 1.54) is 0 Å². The van der Waals surface area contributed by atoms with Gasteiger partial charge in [-0.1, -0.05) is 24.3 Å². The Hall–Kier alpha value is -1.87. The maximum atomic E-state index is 6.15. The highest BCUT2D eigenvalue weighted by atomic mass is 16.5.